The molecule has 3 nitrogen and oxygen atoms in total. The van der Waals surface area contributed by atoms with Gasteiger partial charge in [0.15, 0.2) is 0 Å². The van der Waals surface area contributed by atoms with Gasteiger partial charge in [0.25, 0.3) is 0 Å². The number of nitrogens with one attached hydrogen (secondary N) is 1. The first-order chi connectivity index (χ1) is 12.3. The summed E-state index contributed by atoms with van der Waals surface area (Å²) in [4.78, 5) is 14.7. The minimum atomic E-state index is -4.39. The first-order valence-electron chi connectivity index (χ1n) is 7.84. The Bertz CT molecular complexity index is 946. The fourth-order valence-electron chi connectivity index (χ4n) is 2.88. The van der Waals surface area contributed by atoms with Gasteiger partial charge in [-0.1, -0.05) is 23.7 Å². The number of carbonyl (C=O) groups is 1. The van der Waals surface area contributed by atoms with Crippen LogP contribution in [0.5, 0.6) is 0 Å². The van der Waals surface area contributed by atoms with Crippen LogP contribution < -0.4 is 0 Å². The standard InChI is InChI=1S/C19H15ClF3NO2/c1-26-17(25)9-7-14-15-10-13(20)6-8-16(15)24-18(14)11-2-4-12(5-3-11)19(21,22)23/h2-6,8,10,24H,7,9H2,1H3. The molecule has 1 aromatic heterocycles. The van der Waals surface area contributed by atoms with Crippen molar-refractivity contribution in [1.82, 2.24) is 4.98 Å². The number of esters is 1. The van der Waals surface area contributed by atoms with Gasteiger partial charge < -0.3 is 9.72 Å². The first-order valence-corrected chi connectivity index (χ1v) is 8.22. The maximum absolute atomic E-state index is 12.8. The van der Waals surface area contributed by atoms with Gasteiger partial charge in [-0.15, -0.1) is 0 Å². The van der Waals surface area contributed by atoms with E-state index in [1.54, 1.807) is 18.2 Å². The van der Waals surface area contributed by atoms with Crippen LogP contribution in [0, 0.1) is 0 Å². The lowest BCUT2D eigenvalue weighted by atomic mass is 10.0. The van der Waals surface area contributed by atoms with E-state index in [2.05, 4.69) is 9.72 Å². The number of benzene rings is 2. The number of alkyl halides is 3. The van der Waals surface area contributed by atoms with Crippen molar-refractivity contribution in [3.63, 3.8) is 0 Å². The Hall–Kier alpha value is -2.47. The number of carbonyl (C=O) groups excluding carboxylic acids is 1. The Balaban J connectivity index is 2.07. The van der Waals surface area contributed by atoms with Crippen LogP contribution in [-0.2, 0) is 22.1 Å². The Morgan fingerprint density at radius 1 is 1.15 bits per heavy atom. The summed E-state index contributed by atoms with van der Waals surface area (Å²) in [7, 11) is 1.31. The van der Waals surface area contributed by atoms with E-state index in [0.717, 1.165) is 28.6 Å². The van der Waals surface area contributed by atoms with E-state index in [1.165, 1.54) is 19.2 Å². The Labute approximate surface area is 152 Å². The largest absolute Gasteiger partial charge is 0.469 e. The first kappa shape index (κ1) is 18.3. The van der Waals surface area contributed by atoms with Crippen molar-refractivity contribution >= 4 is 28.5 Å². The van der Waals surface area contributed by atoms with Gasteiger partial charge >= 0.3 is 12.1 Å². The van der Waals surface area contributed by atoms with E-state index in [9.17, 15) is 18.0 Å². The number of aryl methyl sites for hydroxylation is 1. The molecule has 2 aromatic carbocycles. The van der Waals surface area contributed by atoms with Gasteiger partial charge in [-0.2, -0.15) is 13.2 Å². The van der Waals surface area contributed by atoms with E-state index in [4.69, 9.17) is 11.6 Å². The van der Waals surface area contributed by atoms with Gasteiger partial charge in [0, 0.05) is 28.0 Å². The summed E-state index contributed by atoms with van der Waals surface area (Å²) >= 11 is 6.08. The second-order valence-electron chi connectivity index (χ2n) is 5.82. The molecule has 0 atom stereocenters. The molecule has 0 spiro atoms. The zero-order valence-corrected chi connectivity index (χ0v) is 14.5. The summed E-state index contributed by atoms with van der Waals surface area (Å²) in [6.07, 6.45) is -3.85. The molecule has 0 saturated carbocycles. The molecule has 26 heavy (non-hydrogen) atoms. The number of hydrogen-bond acceptors (Lipinski definition) is 2. The highest BCUT2D eigenvalue weighted by molar-refractivity contribution is 6.31. The van der Waals surface area contributed by atoms with E-state index < -0.39 is 11.7 Å². The van der Waals surface area contributed by atoms with Crippen molar-refractivity contribution in [3.8, 4) is 11.3 Å². The number of fused-ring (bicyclic) bond motifs is 1. The number of rotatable bonds is 4. The van der Waals surface area contributed by atoms with Gasteiger partial charge in [0.1, 0.15) is 0 Å². The molecule has 0 aliphatic carbocycles. The molecule has 0 fully saturated rings. The summed E-state index contributed by atoms with van der Waals surface area (Å²) in [5.74, 6) is -0.361. The van der Waals surface area contributed by atoms with Crippen LogP contribution >= 0.6 is 11.6 Å². The van der Waals surface area contributed by atoms with Crippen molar-refractivity contribution in [1.29, 1.82) is 0 Å². The molecule has 0 aliphatic heterocycles. The van der Waals surface area contributed by atoms with Crippen molar-refractivity contribution < 1.29 is 22.7 Å². The third kappa shape index (κ3) is 3.70. The van der Waals surface area contributed by atoms with Crippen LogP contribution in [0.2, 0.25) is 5.02 Å². The van der Waals surface area contributed by atoms with Crippen molar-refractivity contribution in [3.05, 3.63) is 58.6 Å². The monoisotopic (exact) mass is 381 g/mol. The summed E-state index contributed by atoms with van der Waals surface area (Å²) in [5.41, 5.74) is 2.17. The fraction of sp³-hybridized carbons (Fsp3) is 0.211. The second-order valence-corrected chi connectivity index (χ2v) is 6.26. The van der Waals surface area contributed by atoms with Crippen LogP contribution in [0.4, 0.5) is 13.2 Å². The molecule has 0 saturated heterocycles. The average molecular weight is 382 g/mol. The van der Waals surface area contributed by atoms with E-state index >= 15 is 0 Å². The summed E-state index contributed by atoms with van der Waals surface area (Å²) in [6.45, 7) is 0. The van der Waals surface area contributed by atoms with Gasteiger partial charge in [-0.05, 0) is 47.9 Å². The number of H-pyrrole nitrogens is 1. The molecule has 0 unspecified atom stereocenters. The Morgan fingerprint density at radius 2 is 1.85 bits per heavy atom. The molecule has 136 valence electrons. The maximum Gasteiger partial charge on any atom is 0.416 e. The highest BCUT2D eigenvalue weighted by Crippen LogP contribution is 2.35. The zero-order valence-electron chi connectivity index (χ0n) is 13.8. The summed E-state index contributed by atoms with van der Waals surface area (Å²) in [6, 6.07) is 10.2. The zero-order chi connectivity index (χ0) is 18.9. The Kier molecular flexibility index (Phi) is 4.96. The van der Waals surface area contributed by atoms with Gasteiger partial charge in [-0.25, -0.2) is 0 Å². The molecule has 0 aliphatic rings. The SMILES string of the molecule is COC(=O)CCc1c(-c2ccc(C(F)(F)F)cc2)[nH]c2ccc(Cl)cc12. The quantitative estimate of drug-likeness (QED) is 0.596. The maximum atomic E-state index is 12.8. The molecule has 0 bridgehead atoms. The normalized spacial score (nSPS) is 11.7. The second kappa shape index (κ2) is 7.03. The van der Waals surface area contributed by atoms with E-state index in [0.29, 0.717) is 22.7 Å². The lowest BCUT2D eigenvalue weighted by Gasteiger charge is -2.09. The van der Waals surface area contributed by atoms with Crippen molar-refractivity contribution in [2.75, 3.05) is 7.11 Å². The number of ether oxygens (including phenoxy) is 1. The van der Waals surface area contributed by atoms with Crippen LogP contribution in [0.15, 0.2) is 42.5 Å². The molecule has 1 heterocycles. The van der Waals surface area contributed by atoms with Gasteiger partial charge in [0.2, 0.25) is 0 Å². The smallest absolute Gasteiger partial charge is 0.416 e. The third-order valence-corrected chi connectivity index (χ3v) is 4.41. The van der Waals surface area contributed by atoms with E-state index in [1.807, 2.05) is 0 Å². The average Bonchev–Trinajstić information content (AvgIpc) is 2.96. The molecule has 0 radical (unpaired) electrons. The highest BCUT2D eigenvalue weighted by Gasteiger charge is 2.30. The molecule has 3 aromatic rings. The third-order valence-electron chi connectivity index (χ3n) is 4.18. The molecular formula is C19H15ClF3NO2. The number of aromatic nitrogens is 1. The Morgan fingerprint density at radius 3 is 2.46 bits per heavy atom. The summed E-state index contributed by atoms with van der Waals surface area (Å²) in [5, 5.41) is 1.37. The van der Waals surface area contributed by atoms with Crippen LogP contribution in [-0.4, -0.2) is 18.1 Å². The molecular weight excluding hydrogens is 367 g/mol. The predicted octanol–water partition coefficient (Wildman–Crippen LogP) is 5.61. The van der Waals surface area contributed by atoms with Crippen LogP contribution in [0.3, 0.4) is 0 Å². The lowest BCUT2D eigenvalue weighted by Crippen LogP contribution is -2.04. The van der Waals surface area contributed by atoms with Crippen molar-refractivity contribution in [2.24, 2.45) is 0 Å². The van der Waals surface area contributed by atoms with Gasteiger partial charge in [-0.3, -0.25) is 4.79 Å². The predicted molar refractivity (Wildman–Crippen MR) is 94.1 cm³/mol. The van der Waals surface area contributed by atoms with Crippen molar-refractivity contribution in [2.45, 2.75) is 19.0 Å². The minimum Gasteiger partial charge on any atom is -0.469 e. The molecule has 0 amide bonds. The van der Waals surface area contributed by atoms with E-state index in [-0.39, 0.29) is 12.4 Å². The van der Waals surface area contributed by atoms with Crippen LogP contribution in [0.1, 0.15) is 17.5 Å². The van der Waals surface area contributed by atoms with Crippen LogP contribution in [0.25, 0.3) is 22.2 Å². The number of aromatic amines is 1. The lowest BCUT2D eigenvalue weighted by molar-refractivity contribution is -0.140. The number of halogens is 4. The number of methoxy groups -OCH3 is 1. The van der Waals surface area contributed by atoms with Gasteiger partial charge in [0.05, 0.1) is 12.7 Å². The fourth-order valence-corrected chi connectivity index (χ4v) is 3.05. The number of hydrogen-bond donors (Lipinski definition) is 1. The molecule has 3 rings (SSSR count). The topological polar surface area (TPSA) is 42.1 Å². The molecule has 1 N–H and O–H groups in total. The highest BCUT2D eigenvalue weighted by atomic mass is 35.5. The summed E-state index contributed by atoms with van der Waals surface area (Å²) < 4.78 is 43.0. The molecule has 7 heteroatoms. The minimum absolute atomic E-state index is 0.156.